The standard InChI is InChI=1S/C28H31NO4/c1-4-5-15-33-24-14-10-9-13-21(24)26-25(28(31)32-3)18(2)29-22-16-20(17-23(30)27(22)26)19-11-7-6-8-12-19/h6-14,20,26-27H,4-5,15-17H2,1-3H3/t20-,26-,27?/m1/s1. The lowest BCUT2D eigenvalue weighted by Gasteiger charge is -2.38. The van der Waals surface area contributed by atoms with E-state index in [0.29, 0.717) is 36.5 Å². The van der Waals surface area contributed by atoms with E-state index in [9.17, 15) is 9.59 Å². The molecule has 1 fully saturated rings. The zero-order valence-corrected chi connectivity index (χ0v) is 19.5. The summed E-state index contributed by atoms with van der Waals surface area (Å²) >= 11 is 0. The Labute approximate surface area is 195 Å². The fraction of sp³-hybridized carbons (Fsp3) is 0.393. The third-order valence-corrected chi connectivity index (χ3v) is 6.64. The van der Waals surface area contributed by atoms with Crippen LogP contribution in [0.3, 0.4) is 0 Å². The third-order valence-electron chi connectivity index (χ3n) is 6.64. The molecule has 1 saturated carbocycles. The van der Waals surface area contributed by atoms with Gasteiger partial charge >= 0.3 is 5.97 Å². The number of fused-ring (bicyclic) bond motifs is 1. The first-order chi connectivity index (χ1) is 16.0. The number of esters is 1. The average Bonchev–Trinajstić information content (AvgIpc) is 2.83. The Bertz CT molecular complexity index is 1090. The minimum atomic E-state index is -0.487. The number of nitrogens with zero attached hydrogens (tertiary/aromatic N) is 1. The molecule has 1 heterocycles. The number of para-hydroxylation sites is 1. The number of aliphatic imine (C=N–C) groups is 1. The van der Waals surface area contributed by atoms with Crippen LogP contribution < -0.4 is 4.74 Å². The number of hydrogen-bond acceptors (Lipinski definition) is 5. The molecule has 0 saturated heterocycles. The molecule has 33 heavy (non-hydrogen) atoms. The van der Waals surface area contributed by atoms with E-state index in [1.807, 2.05) is 49.4 Å². The summed E-state index contributed by atoms with van der Waals surface area (Å²) in [5, 5.41) is 0. The van der Waals surface area contributed by atoms with Gasteiger partial charge in [0, 0.05) is 29.3 Å². The van der Waals surface area contributed by atoms with Crippen molar-refractivity contribution >= 4 is 17.5 Å². The number of hydrogen-bond donors (Lipinski definition) is 0. The molecule has 0 spiro atoms. The number of rotatable bonds is 7. The maximum Gasteiger partial charge on any atom is 0.336 e. The fourth-order valence-corrected chi connectivity index (χ4v) is 5.04. The number of unbranched alkanes of at least 4 members (excludes halogenated alkanes) is 1. The highest BCUT2D eigenvalue weighted by Crippen LogP contribution is 2.47. The van der Waals surface area contributed by atoms with E-state index in [2.05, 4.69) is 19.1 Å². The van der Waals surface area contributed by atoms with Gasteiger partial charge in [0.15, 0.2) is 0 Å². The summed E-state index contributed by atoms with van der Waals surface area (Å²) in [7, 11) is 1.37. The van der Waals surface area contributed by atoms with Gasteiger partial charge in [0.1, 0.15) is 11.5 Å². The second-order valence-corrected chi connectivity index (χ2v) is 8.77. The molecular weight excluding hydrogens is 414 g/mol. The van der Waals surface area contributed by atoms with Gasteiger partial charge < -0.3 is 9.47 Å². The second-order valence-electron chi connectivity index (χ2n) is 8.77. The van der Waals surface area contributed by atoms with Crippen molar-refractivity contribution in [3.8, 4) is 5.75 Å². The second kappa shape index (κ2) is 10.2. The van der Waals surface area contributed by atoms with Gasteiger partial charge in [-0.05, 0) is 37.3 Å². The summed E-state index contributed by atoms with van der Waals surface area (Å²) in [6, 6.07) is 17.8. The Morgan fingerprint density at radius 2 is 1.76 bits per heavy atom. The maximum absolute atomic E-state index is 13.6. The van der Waals surface area contributed by atoms with Crippen LogP contribution in [-0.2, 0) is 14.3 Å². The number of ether oxygens (including phenoxy) is 2. The zero-order valence-electron chi connectivity index (χ0n) is 19.5. The Kier molecular flexibility index (Phi) is 7.07. The first-order valence-corrected chi connectivity index (χ1v) is 11.7. The number of carbonyl (C=O) groups excluding carboxylic acids is 2. The van der Waals surface area contributed by atoms with Crippen LogP contribution in [0.5, 0.6) is 5.75 Å². The van der Waals surface area contributed by atoms with Gasteiger partial charge in [-0.1, -0.05) is 61.9 Å². The third kappa shape index (κ3) is 4.63. The quantitative estimate of drug-likeness (QED) is 0.410. The minimum absolute atomic E-state index is 0.0953. The molecule has 2 aliphatic rings. The summed E-state index contributed by atoms with van der Waals surface area (Å²) in [4.78, 5) is 31.3. The molecule has 2 aromatic carbocycles. The van der Waals surface area contributed by atoms with E-state index in [4.69, 9.17) is 14.5 Å². The SMILES string of the molecule is CCCCOc1ccccc1[C@@H]1C(C(=O)OC)=C(C)N=C2C[C@@H](c3ccccc3)CC(=O)C21. The predicted octanol–water partition coefficient (Wildman–Crippen LogP) is 5.61. The Balaban J connectivity index is 1.78. The van der Waals surface area contributed by atoms with Crippen molar-refractivity contribution < 1.29 is 19.1 Å². The summed E-state index contributed by atoms with van der Waals surface area (Å²) in [6.45, 7) is 4.54. The summed E-state index contributed by atoms with van der Waals surface area (Å²) in [5.41, 5.74) is 3.90. The summed E-state index contributed by atoms with van der Waals surface area (Å²) in [6.07, 6.45) is 3.08. The van der Waals surface area contributed by atoms with Crippen molar-refractivity contribution in [2.24, 2.45) is 10.9 Å². The van der Waals surface area contributed by atoms with Crippen molar-refractivity contribution in [1.29, 1.82) is 0 Å². The van der Waals surface area contributed by atoms with E-state index < -0.39 is 17.8 Å². The van der Waals surface area contributed by atoms with Crippen LogP contribution in [0.4, 0.5) is 0 Å². The molecule has 0 N–H and O–H groups in total. The largest absolute Gasteiger partial charge is 0.493 e. The van der Waals surface area contributed by atoms with Crippen molar-refractivity contribution in [2.45, 2.75) is 51.4 Å². The molecule has 0 aromatic heterocycles. The maximum atomic E-state index is 13.6. The molecule has 4 rings (SSSR count). The van der Waals surface area contributed by atoms with Crippen molar-refractivity contribution in [1.82, 2.24) is 0 Å². The molecule has 0 amide bonds. The number of allylic oxidation sites excluding steroid dienone is 1. The van der Waals surface area contributed by atoms with Crippen LogP contribution in [0, 0.1) is 5.92 Å². The summed E-state index contributed by atoms with van der Waals surface area (Å²) in [5.74, 6) is -0.481. The van der Waals surface area contributed by atoms with Gasteiger partial charge in [-0.25, -0.2) is 4.79 Å². The van der Waals surface area contributed by atoms with Gasteiger partial charge in [0.25, 0.3) is 0 Å². The highest BCUT2D eigenvalue weighted by atomic mass is 16.5. The Morgan fingerprint density at radius 1 is 1.03 bits per heavy atom. The molecular formula is C28H31NO4. The number of benzene rings is 2. The monoisotopic (exact) mass is 445 g/mol. The van der Waals surface area contributed by atoms with Crippen LogP contribution in [0.2, 0.25) is 0 Å². The van der Waals surface area contributed by atoms with Gasteiger partial charge in [-0.3, -0.25) is 9.79 Å². The first kappa shape index (κ1) is 23.0. The molecule has 1 aliphatic heterocycles. The molecule has 2 aromatic rings. The fourth-order valence-electron chi connectivity index (χ4n) is 5.04. The van der Waals surface area contributed by atoms with E-state index >= 15 is 0 Å². The van der Waals surface area contributed by atoms with Crippen molar-refractivity contribution in [3.05, 3.63) is 77.0 Å². The lowest BCUT2D eigenvalue weighted by Crippen LogP contribution is -2.41. The topological polar surface area (TPSA) is 65.0 Å². The normalized spacial score (nSPS) is 22.5. The van der Waals surface area contributed by atoms with E-state index in [1.165, 1.54) is 7.11 Å². The highest BCUT2D eigenvalue weighted by molar-refractivity contribution is 6.12. The lowest BCUT2D eigenvalue weighted by molar-refractivity contribution is -0.136. The Morgan fingerprint density at radius 3 is 2.48 bits per heavy atom. The number of methoxy groups -OCH3 is 1. The van der Waals surface area contributed by atoms with Crippen LogP contribution in [0.1, 0.15) is 62.5 Å². The van der Waals surface area contributed by atoms with Gasteiger partial charge in [-0.2, -0.15) is 0 Å². The van der Waals surface area contributed by atoms with Crippen LogP contribution in [0.25, 0.3) is 0 Å². The number of carbonyl (C=O) groups is 2. The van der Waals surface area contributed by atoms with Crippen LogP contribution >= 0.6 is 0 Å². The average molecular weight is 446 g/mol. The molecule has 1 aliphatic carbocycles. The first-order valence-electron chi connectivity index (χ1n) is 11.7. The predicted molar refractivity (Wildman–Crippen MR) is 129 cm³/mol. The van der Waals surface area contributed by atoms with E-state index in [1.54, 1.807) is 0 Å². The molecule has 0 radical (unpaired) electrons. The van der Waals surface area contributed by atoms with Crippen LogP contribution in [0.15, 0.2) is 70.9 Å². The molecule has 5 heteroatoms. The van der Waals surface area contributed by atoms with E-state index in [-0.39, 0.29) is 11.7 Å². The van der Waals surface area contributed by atoms with Crippen molar-refractivity contribution in [2.75, 3.05) is 13.7 Å². The molecule has 5 nitrogen and oxygen atoms in total. The van der Waals surface area contributed by atoms with Crippen molar-refractivity contribution in [3.63, 3.8) is 0 Å². The Hall–Kier alpha value is -3.21. The number of Topliss-reactive ketones (excluding diaryl/α,β-unsaturated/α-hetero) is 1. The molecule has 3 atom stereocenters. The van der Waals surface area contributed by atoms with Gasteiger partial charge in [0.05, 0.1) is 25.2 Å². The van der Waals surface area contributed by atoms with E-state index in [0.717, 1.165) is 29.7 Å². The molecule has 1 unspecified atom stereocenters. The van der Waals surface area contributed by atoms with Gasteiger partial charge in [-0.15, -0.1) is 0 Å². The zero-order chi connectivity index (χ0) is 23.4. The number of ketones is 1. The smallest absolute Gasteiger partial charge is 0.336 e. The van der Waals surface area contributed by atoms with Gasteiger partial charge in [0.2, 0.25) is 0 Å². The summed E-state index contributed by atoms with van der Waals surface area (Å²) < 4.78 is 11.2. The highest BCUT2D eigenvalue weighted by Gasteiger charge is 2.46. The molecule has 0 bridgehead atoms. The minimum Gasteiger partial charge on any atom is -0.493 e. The molecule has 172 valence electrons. The van der Waals surface area contributed by atoms with Crippen LogP contribution in [-0.4, -0.2) is 31.2 Å². The lowest BCUT2D eigenvalue weighted by atomic mass is 9.66.